The third-order valence-corrected chi connectivity index (χ3v) is 1.73. The topological polar surface area (TPSA) is 26.3 Å². The van der Waals surface area contributed by atoms with E-state index in [9.17, 15) is 35.5 Å². The summed E-state index contributed by atoms with van der Waals surface area (Å²) in [6.45, 7) is -2.69. The first kappa shape index (κ1) is 16.5. The van der Waals surface area contributed by atoms with Gasteiger partial charge in [-0.2, -0.15) is 39.0 Å². The molecule has 0 amide bonds. The number of alkyl halides is 7. The molecule has 0 fully saturated rings. The number of carbonyl (C=O) groups excluding carboxylic acids is 1. The minimum atomic E-state index is -6.04. The van der Waals surface area contributed by atoms with Gasteiger partial charge < -0.3 is 0 Å². The van der Waals surface area contributed by atoms with E-state index in [0.717, 1.165) is 0 Å². The molecule has 0 aliphatic carbocycles. The van der Waals surface area contributed by atoms with Crippen LogP contribution in [0.15, 0.2) is 0 Å². The second kappa shape index (κ2) is 5.42. The van der Waals surface area contributed by atoms with Gasteiger partial charge in [0.2, 0.25) is 5.78 Å². The van der Waals surface area contributed by atoms with Crippen LogP contribution in [0, 0.1) is 0 Å². The van der Waals surface area contributed by atoms with Crippen molar-refractivity contribution >= 4 is 18.4 Å². The van der Waals surface area contributed by atoms with Gasteiger partial charge in [-0.1, -0.05) is 0 Å². The Morgan fingerprint density at radius 3 is 1.88 bits per heavy atom. The molecule has 1 unspecified atom stereocenters. The first-order chi connectivity index (χ1) is 7.50. The van der Waals surface area contributed by atoms with E-state index in [4.69, 9.17) is 0 Å². The lowest BCUT2D eigenvalue weighted by atomic mass is 10.1. The van der Waals surface area contributed by atoms with Gasteiger partial charge in [0.05, 0.1) is 0 Å². The average Bonchev–Trinajstić information content (AvgIpc) is 2.15. The molecule has 10 heteroatoms. The van der Waals surface area contributed by atoms with E-state index in [1.165, 1.54) is 0 Å². The summed E-state index contributed by atoms with van der Waals surface area (Å²) in [6, 6.07) is 0. The lowest BCUT2D eigenvalue weighted by Gasteiger charge is -2.29. The first-order valence-corrected chi connectivity index (χ1v) is 4.67. The van der Waals surface area contributed by atoms with E-state index < -0.39 is 42.8 Å². The van der Waals surface area contributed by atoms with Gasteiger partial charge in [-0.3, -0.25) is 9.53 Å². The SMILES string of the molecule is O=C(CCS)C(F)(OC(F)(F)CF)C(F)(F)F. The van der Waals surface area contributed by atoms with E-state index in [1.807, 2.05) is 0 Å². The zero-order valence-corrected chi connectivity index (χ0v) is 8.93. The largest absolute Gasteiger partial charge is 0.456 e. The van der Waals surface area contributed by atoms with Crippen molar-refractivity contribution in [3.63, 3.8) is 0 Å². The van der Waals surface area contributed by atoms with Crippen molar-refractivity contribution in [2.45, 2.75) is 24.6 Å². The van der Waals surface area contributed by atoms with E-state index in [1.54, 1.807) is 0 Å². The van der Waals surface area contributed by atoms with Crippen LogP contribution >= 0.6 is 12.6 Å². The van der Waals surface area contributed by atoms with Gasteiger partial charge in [0.1, 0.15) is 0 Å². The van der Waals surface area contributed by atoms with Crippen LogP contribution < -0.4 is 0 Å². The van der Waals surface area contributed by atoms with Gasteiger partial charge in [0.15, 0.2) is 6.67 Å². The van der Waals surface area contributed by atoms with Crippen LogP contribution in [0.5, 0.6) is 0 Å². The number of ether oxygens (including phenoxy) is 1. The summed E-state index contributed by atoms with van der Waals surface area (Å²) in [6.07, 6.45) is -12.2. The molecule has 2 nitrogen and oxygen atoms in total. The Bertz CT molecular complexity index is 280. The zero-order chi connectivity index (χ0) is 13.9. The predicted molar refractivity (Wildman–Crippen MR) is 45.4 cm³/mol. The maximum absolute atomic E-state index is 13.2. The maximum Gasteiger partial charge on any atom is 0.456 e. The van der Waals surface area contributed by atoms with E-state index >= 15 is 0 Å². The minimum Gasteiger partial charge on any atom is -0.293 e. The molecule has 0 aliphatic heterocycles. The highest BCUT2D eigenvalue weighted by atomic mass is 32.1. The van der Waals surface area contributed by atoms with E-state index in [-0.39, 0.29) is 0 Å². The monoisotopic (exact) mass is 288 g/mol. The molecule has 0 aromatic carbocycles. The summed E-state index contributed by atoms with van der Waals surface area (Å²) in [5.41, 5.74) is 0. The average molecular weight is 288 g/mol. The molecule has 0 N–H and O–H groups in total. The highest BCUT2D eigenvalue weighted by Gasteiger charge is 2.66. The van der Waals surface area contributed by atoms with Gasteiger partial charge in [0.25, 0.3) is 0 Å². The van der Waals surface area contributed by atoms with Crippen molar-refractivity contribution < 1.29 is 40.3 Å². The Morgan fingerprint density at radius 1 is 1.12 bits per heavy atom. The number of rotatable bonds is 6. The Kier molecular flexibility index (Phi) is 5.26. The van der Waals surface area contributed by atoms with Crippen LogP contribution in [0.1, 0.15) is 6.42 Å². The second-order valence-corrected chi connectivity index (χ2v) is 3.31. The van der Waals surface area contributed by atoms with Gasteiger partial charge in [-0.25, -0.2) is 4.39 Å². The summed E-state index contributed by atoms with van der Waals surface area (Å²) in [7, 11) is 0. The molecular weight excluding hydrogens is 281 g/mol. The summed E-state index contributed by atoms with van der Waals surface area (Å²) in [4.78, 5) is 10.8. The van der Waals surface area contributed by atoms with Gasteiger partial charge in [-0.05, 0) is 5.75 Å². The summed E-state index contributed by atoms with van der Waals surface area (Å²) < 4.78 is 88.4. The molecule has 0 aromatic rings. The van der Waals surface area contributed by atoms with Crippen LogP contribution in [0.2, 0.25) is 0 Å². The number of hydrogen-bond donors (Lipinski definition) is 1. The number of halogens is 7. The third-order valence-electron chi connectivity index (χ3n) is 1.51. The van der Waals surface area contributed by atoms with Crippen LogP contribution in [0.3, 0.4) is 0 Å². The van der Waals surface area contributed by atoms with Crippen molar-refractivity contribution in [2.24, 2.45) is 0 Å². The summed E-state index contributed by atoms with van der Waals surface area (Å²) >= 11 is 3.35. The summed E-state index contributed by atoms with van der Waals surface area (Å²) in [5.74, 6) is -8.05. The van der Waals surface area contributed by atoms with Crippen molar-refractivity contribution in [3.8, 4) is 0 Å². The predicted octanol–water partition coefficient (Wildman–Crippen LogP) is 2.68. The van der Waals surface area contributed by atoms with Gasteiger partial charge >= 0.3 is 18.1 Å². The molecule has 0 heterocycles. The lowest BCUT2D eigenvalue weighted by molar-refractivity contribution is -0.394. The highest BCUT2D eigenvalue weighted by molar-refractivity contribution is 7.80. The van der Waals surface area contributed by atoms with Crippen molar-refractivity contribution in [2.75, 3.05) is 12.4 Å². The smallest absolute Gasteiger partial charge is 0.293 e. The molecule has 0 saturated heterocycles. The Hall–Kier alpha value is -0.510. The fraction of sp³-hybridized carbons (Fsp3) is 0.857. The van der Waals surface area contributed by atoms with E-state index in [0.29, 0.717) is 0 Å². The number of ketones is 1. The normalized spacial score (nSPS) is 16.7. The van der Waals surface area contributed by atoms with E-state index in [2.05, 4.69) is 17.4 Å². The molecule has 0 saturated carbocycles. The Labute approximate surface area is 96.5 Å². The van der Waals surface area contributed by atoms with Crippen molar-refractivity contribution in [1.82, 2.24) is 0 Å². The van der Waals surface area contributed by atoms with Crippen LogP contribution in [-0.2, 0) is 9.53 Å². The Balaban J connectivity index is 5.20. The molecule has 0 rings (SSSR count). The van der Waals surface area contributed by atoms with Crippen molar-refractivity contribution in [1.29, 1.82) is 0 Å². The standard InChI is InChI=1S/C7H7F7O2S/c8-3-5(9,10)16-6(11,7(12,13)14)4(15)1-2-17/h17H,1-3H2. The first-order valence-electron chi connectivity index (χ1n) is 4.04. The van der Waals surface area contributed by atoms with Gasteiger partial charge in [0, 0.05) is 6.42 Å². The van der Waals surface area contributed by atoms with Crippen LogP contribution in [-0.4, -0.2) is 36.4 Å². The molecule has 17 heavy (non-hydrogen) atoms. The lowest BCUT2D eigenvalue weighted by Crippen LogP contribution is -2.54. The fourth-order valence-corrected chi connectivity index (χ4v) is 0.971. The zero-order valence-electron chi connectivity index (χ0n) is 8.03. The van der Waals surface area contributed by atoms with Gasteiger partial charge in [-0.15, -0.1) is 0 Å². The number of Topliss-reactive ketones (excluding diaryl/α,β-unsaturated/α-hetero) is 1. The number of thiol groups is 1. The summed E-state index contributed by atoms with van der Waals surface area (Å²) in [5, 5.41) is 0. The molecule has 0 spiro atoms. The molecule has 0 bridgehead atoms. The van der Waals surface area contributed by atoms with Crippen molar-refractivity contribution in [3.05, 3.63) is 0 Å². The Morgan fingerprint density at radius 2 is 1.59 bits per heavy atom. The van der Waals surface area contributed by atoms with Crippen LogP contribution in [0.25, 0.3) is 0 Å². The minimum absolute atomic E-state index is 0.509. The molecule has 0 aromatic heterocycles. The van der Waals surface area contributed by atoms with Crippen LogP contribution in [0.4, 0.5) is 30.7 Å². The number of hydrogen-bond acceptors (Lipinski definition) is 3. The molecule has 1 atom stereocenters. The molecule has 0 aliphatic rings. The fourth-order valence-electron chi connectivity index (χ4n) is 0.768. The maximum atomic E-state index is 13.2. The molecule has 0 radical (unpaired) electrons. The number of carbonyl (C=O) groups is 1. The highest BCUT2D eigenvalue weighted by Crippen LogP contribution is 2.40. The quantitative estimate of drug-likeness (QED) is 0.601. The third kappa shape index (κ3) is 4.02. The molecular formula is C7H7F7O2S. The molecule has 102 valence electrons. The second-order valence-electron chi connectivity index (χ2n) is 2.86.